The molecule has 0 aromatic carbocycles. The fraction of sp³-hybridized carbons (Fsp3) is 0.909. The summed E-state index contributed by atoms with van der Waals surface area (Å²) in [5, 5.41) is 0. The second kappa shape index (κ2) is 6.09. The number of carbonyl (C=O) groups excluding carboxylic acids is 1. The van der Waals surface area contributed by atoms with Gasteiger partial charge in [-0.25, -0.2) is 8.42 Å². The van der Waals surface area contributed by atoms with E-state index in [1.54, 1.807) is 11.8 Å². The summed E-state index contributed by atoms with van der Waals surface area (Å²) < 4.78 is 28.3. The van der Waals surface area contributed by atoms with Crippen molar-refractivity contribution in [3.63, 3.8) is 0 Å². The zero-order valence-corrected chi connectivity index (χ0v) is 12.0. The molecule has 100 valence electrons. The lowest BCUT2D eigenvalue weighted by Crippen LogP contribution is -2.23. The van der Waals surface area contributed by atoms with Crippen LogP contribution in [0.2, 0.25) is 0 Å². The Morgan fingerprint density at radius 1 is 1.41 bits per heavy atom. The Labute approximate surface area is 107 Å². The van der Waals surface area contributed by atoms with Crippen LogP contribution in [0, 0.1) is 5.41 Å². The molecule has 4 nitrogen and oxygen atoms in total. The quantitative estimate of drug-likeness (QED) is 0.498. The first-order valence-electron chi connectivity index (χ1n) is 5.69. The van der Waals surface area contributed by atoms with Crippen molar-refractivity contribution < 1.29 is 17.9 Å². The fourth-order valence-corrected chi connectivity index (χ4v) is 4.56. The number of thioether (sulfide) groups is 1. The summed E-state index contributed by atoms with van der Waals surface area (Å²) in [5.41, 5.74) is -0.314. The van der Waals surface area contributed by atoms with Crippen molar-refractivity contribution in [2.24, 2.45) is 5.41 Å². The average molecular weight is 280 g/mol. The van der Waals surface area contributed by atoms with Gasteiger partial charge in [0.15, 0.2) is 9.84 Å². The number of carbonyl (C=O) groups is 1. The molecule has 0 saturated heterocycles. The van der Waals surface area contributed by atoms with Crippen molar-refractivity contribution in [1.29, 1.82) is 0 Å². The van der Waals surface area contributed by atoms with Gasteiger partial charge in [0.1, 0.15) is 0 Å². The van der Waals surface area contributed by atoms with Crippen LogP contribution in [-0.4, -0.2) is 45.0 Å². The molecule has 0 unspecified atom stereocenters. The molecule has 0 aromatic rings. The summed E-state index contributed by atoms with van der Waals surface area (Å²) in [6.07, 6.45) is 4.54. The van der Waals surface area contributed by atoms with Crippen molar-refractivity contribution in [3.05, 3.63) is 0 Å². The van der Waals surface area contributed by atoms with Crippen molar-refractivity contribution in [2.45, 2.75) is 25.7 Å². The van der Waals surface area contributed by atoms with E-state index in [0.29, 0.717) is 6.42 Å². The van der Waals surface area contributed by atoms with Gasteiger partial charge >= 0.3 is 5.97 Å². The maximum absolute atomic E-state index is 11.9. The Hall–Kier alpha value is -0.230. The maximum Gasteiger partial charge on any atom is 0.306 e. The number of ether oxygens (including phenoxy) is 1. The molecule has 6 heteroatoms. The minimum atomic E-state index is -3.02. The van der Waals surface area contributed by atoms with E-state index in [1.165, 1.54) is 7.11 Å². The molecule has 0 aromatic heterocycles. The molecule has 17 heavy (non-hydrogen) atoms. The van der Waals surface area contributed by atoms with E-state index in [-0.39, 0.29) is 29.3 Å². The van der Waals surface area contributed by atoms with Crippen molar-refractivity contribution in [1.82, 2.24) is 0 Å². The summed E-state index contributed by atoms with van der Waals surface area (Å²) in [6, 6.07) is 0. The molecule has 1 aliphatic rings. The second-order valence-electron chi connectivity index (χ2n) is 4.69. The third-order valence-corrected chi connectivity index (χ3v) is 5.69. The largest absolute Gasteiger partial charge is 0.469 e. The summed E-state index contributed by atoms with van der Waals surface area (Å²) in [7, 11) is -1.69. The van der Waals surface area contributed by atoms with Gasteiger partial charge in [-0.2, -0.15) is 11.8 Å². The Morgan fingerprint density at radius 2 is 2.06 bits per heavy atom. The van der Waals surface area contributed by atoms with Crippen LogP contribution in [-0.2, 0) is 19.4 Å². The van der Waals surface area contributed by atoms with Crippen LogP contribution in [0.4, 0.5) is 0 Å². The molecule has 1 aliphatic carbocycles. The number of rotatable bonds is 8. The first-order chi connectivity index (χ1) is 7.93. The topological polar surface area (TPSA) is 60.4 Å². The van der Waals surface area contributed by atoms with E-state index in [2.05, 4.69) is 4.74 Å². The Bertz CT molecular complexity index is 358. The van der Waals surface area contributed by atoms with E-state index in [0.717, 1.165) is 18.6 Å². The molecule has 0 heterocycles. The zero-order valence-electron chi connectivity index (χ0n) is 10.4. The van der Waals surface area contributed by atoms with Gasteiger partial charge in [-0.3, -0.25) is 4.79 Å². The highest BCUT2D eigenvalue weighted by Crippen LogP contribution is 2.50. The van der Waals surface area contributed by atoms with Crippen molar-refractivity contribution >= 4 is 27.6 Å². The normalized spacial score (nSPS) is 17.8. The van der Waals surface area contributed by atoms with Crippen LogP contribution in [0.1, 0.15) is 25.7 Å². The minimum Gasteiger partial charge on any atom is -0.469 e. The van der Waals surface area contributed by atoms with Crippen molar-refractivity contribution in [3.8, 4) is 0 Å². The first kappa shape index (κ1) is 14.8. The summed E-state index contributed by atoms with van der Waals surface area (Å²) in [4.78, 5) is 11.2. The molecule has 0 aliphatic heterocycles. The number of hydrogen-bond acceptors (Lipinski definition) is 5. The van der Waals surface area contributed by atoms with Gasteiger partial charge in [-0.1, -0.05) is 0 Å². The highest BCUT2D eigenvalue weighted by Gasteiger charge is 2.47. The Morgan fingerprint density at radius 3 is 2.53 bits per heavy atom. The van der Waals surface area contributed by atoms with Crippen LogP contribution in [0.15, 0.2) is 0 Å². The van der Waals surface area contributed by atoms with Crippen LogP contribution in [0.25, 0.3) is 0 Å². The third-order valence-electron chi connectivity index (χ3n) is 3.03. The molecule has 1 fully saturated rings. The number of sulfone groups is 1. The Kier molecular flexibility index (Phi) is 5.31. The number of esters is 1. The lowest BCUT2D eigenvalue weighted by atomic mass is 10.1. The molecule has 0 amide bonds. The smallest absolute Gasteiger partial charge is 0.306 e. The predicted molar refractivity (Wildman–Crippen MR) is 70.0 cm³/mol. The Balaban J connectivity index is 2.44. The number of hydrogen-bond donors (Lipinski definition) is 0. The average Bonchev–Trinajstić information content (AvgIpc) is 2.96. The molecular formula is C11H20O4S2. The predicted octanol–water partition coefficient (Wildman–Crippen LogP) is 1.50. The lowest BCUT2D eigenvalue weighted by molar-refractivity contribution is -0.141. The van der Waals surface area contributed by atoms with E-state index in [1.807, 2.05) is 6.26 Å². The maximum atomic E-state index is 11.9. The summed E-state index contributed by atoms with van der Waals surface area (Å²) in [5.74, 6) is 0.936. The van der Waals surface area contributed by atoms with E-state index < -0.39 is 9.84 Å². The van der Waals surface area contributed by atoms with E-state index >= 15 is 0 Å². The first-order valence-corrected chi connectivity index (χ1v) is 8.91. The SMILES string of the molecule is COC(=O)CC1(CS(=O)(=O)CCCSC)CC1. The molecule has 1 rings (SSSR count). The van der Waals surface area contributed by atoms with E-state index in [9.17, 15) is 13.2 Å². The van der Waals surface area contributed by atoms with Gasteiger partial charge in [0.05, 0.1) is 25.0 Å². The number of methoxy groups -OCH3 is 1. The molecular weight excluding hydrogens is 260 g/mol. The standard InChI is InChI=1S/C11H20O4S2/c1-15-10(12)8-11(4-5-11)9-17(13,14)7-3-6-16-2/h3-9H2,1-2H3. The van der Waals surface area contributed by atoms with Crippen LogP contribution in [0.3, 0.4) is 0 Å². The minimum absolute atomic E-state index is 0.142. The van der Waals surface area contributed by atoms with Gasteiger partial charge in [0.25, 0.3) is 0 Å². The van der Waals surface area contributed by atoms with Gasteiger partial charge in [0, 0.05) is 0 Å². The van der Waals surface area contributed by atoms with Crippen LogP contribution < -0.4 is 0 Å². The lowest BCUT2D eigenvalue weighted by Gasteiger charge is -2.13. The molecule has 1 saturated carbocycles. The third kappa shape index (κ3) is 5.29. The van der Waals surface area contributed by atoms with Crippen LogP contribution in [0.5, 0.6) is 0 Å². The molecule has 0 spiro atoms. The summed E-state index contributed by atoms with van der Waals surface area (Å²) >= 11 is 1.65. The molecule has 0 bridgehead atoms. The van der Waals surface area contributed by atoms with Gasteiger partial charge in [-0.05, 0) is 36.7 Å². The zero-order chi connectivity index (χ0) is 12.9. The molecule has 0 N–H and O–H groups in total. The van der Waals surface area contributed by atoms with E-state index in [4.69, 9.17) is 0 Å². The monoisotopic (exact) mass is 280 g/mol. The van der Waals surface area contributed by atoms with Gasteiger partial charge < -0.3 is 4.74 Å². The fourth-order valence-electron chi connectivity index (χ4n) is 1.89. The second-order valence-corrected chi connectivity index (χ2v) is 7.86. The van der Waals surface area contributed by atoms with Gasteiger partial charge in [0.2, 0.25) is 0 Å². The van der Waals surface area contributed by atoms with Crippen molar-refractivity contribution in [2.75, 3.05) is 30.6 Å². The molecule has 0 atom stereocenters. The molecule has 0 radical (unpaired) electrons. The highest BCUT2D eigenvalue weighted by atomic mass is 32.2. The van der Waals surface area contributed by atoms with Crippen LogP contribution >= 0.6 is 11.8 Å². The van der Waals surface area contributed by atoms with Gasteiger partial charge in [-0.15, -0.1) is 0 Å². The summed E-state index contributed by atoms with van der Waals surface area (Å²) in [6.45, 7) is 0. The highest BCUT2D eigenvalue weighted by molar-refractivity contribution is 7.98.